The van der Waals surface area contributed by atoms with Crippen LogP contribution in [0, 0.1) is 11.3 Å². The molecule has 1 aromatic carbocycles. The maximum absolute atomic E-state index is 11.5. The Balaban J connectivity index is 2.72. The van der Waals surface area contributed by atoms with Gasteiger partial charge in [0.2, 0.25) is 0 Å². The van der Waals surface area contributed by atoms with Crippen molar-refractivity contribution < 1.29 is 9.53 Å². The predicted molar refractivity (Wildman–Crippen MR) is 70.4 cm³/mol. The van der Waals surface area contributed by atoms with Gasteiger partial charge in [-0.15, -0.1) is 0 Å². The van der Waals surface area contributed by atoms with Crippen LogP contribution >= 0.6 is 0 Å². The summed E-state index contributed by atoms with van der Waals surface area (Å²) >= 11 is 0. The van der Waals surface area contributed by atoms with Crippen molar-refractivity contribution in [3.05, 3.63) is 53.6 Å². The quantitative estimate of drug-likeness (QED) is 0.352. The van der Waals surface area contributed by atoms with E-state index in [9.17, 15) is 4.79 Å². The molecular formula is C15H15NO2. The number of carbonyl (C=O) groups is 1. The number of carbonyl (C=O) groups excluding carboxylic acids is 1. The topological polar surface area (TPSA) is 50.1 Å². The first kappa shape index (κ1) is 13.7. The summed E-state index contributed by atoms with van der Waals surface area (Å²) in [7, 11) is 0. The minimum absolute atomic E-state index is 0.00381. The molecule has 0 bridgehead atoms. The third kappa shape index (κ3) is 4.67. The Labute approximate surface area is 107 Å². The number of nitriles is 1. The molecule has 0 spiro atoms. The predicted octanol–water partition coefficient (Wildman–Crippen LogP) is 3.10. The third-order valence-corrected chi connectivity index (χ3v) is 2.03. The van der Waals surface area contributed by atoms with Gasteiger partial charge >= 0.3 is 5.97 Å². The lowest BCUT2D eigenvalue weighted by Gasteiger charge is -2.05. The Kier molecular flexibility index (Phi) is 5.40. The van der Waals surface area contributed by atoms with Crippen molar-refractivity contribution in [2.24, 2.45) is 0 Å². The Morgan fingerprint density at radius 1 is 1.33 bits per heavy atom. The van der Waals surface area contributed by atoms with Crippen molar-refractivity contribution in [3.63, 3.8) is 0 Å². The van der Waals surface area contributed by atoms with E-state index in [0.29, 0.717) is 0 Å². The minimum Gasteiger partial charge on any atom is -0.459 e. The number of nitrogens with zero attached hydrogens (tertiary/aromatic N) is 1. The van der Waals surface area contributed by atoms with Crippen LogP contribution in [0.15, 0.2) is 48.1 Å². The number of rotatable bonds is 4. The molecule has 0 aromatic heterocycles. The Hall–Kier alpha value is -2.34. The van der Waals surface area contributed by atoms with Crippen LogP contribution in [-0.4, -0.2) is 12.1 Å². The largest absolute Gasteiger partial charge is 0.459 e. The first-order valence-electron chi connectivity index (χ1n) is 5.68. The fourth-order valence-electron chi connectivity index (χ4n) is 1.25. The van der Waals surface area contributed by atoms with E-state index >= 15 is 0 Å². The van der Waals surface area contributed by atoms with E-state index in [1.54, 1.807) is 19.9 Å². The number of hydrogen-bond donors (Lipinski definition) is 0. The summed E-state index contributed by atoms with van der Waals surface area (Å²) in [5.41, 5.74) is 0.999. The number of esters is 1. The molecule has 0 fully saturated rings. The Morgan fingerprint density at radius 2 is 2.00 bits per heavy atom. The molecule has 0 aliphatic heterocycles. The zero-order valence-electron chi connectivity index (χ0n) is 10.5. The second kappa shape index (κ2) is 7.08. The second-order valence-corrected chi connectivity index (χ2v) is 3.92. The Morgan fingerprint density at radius 3 is 2.56 bits per heavy atom. The highest BCUT2D eigenvalue weighted by atomic mass is 16.5. The Bertz CT molecular complexity index is 493. The number of hydrogen-bond acceptors (Lipinski definition) is 3. The lowest BCUT2D eigenvalue weighted by atomic mass is 10.2. The summed E-state index contributed by atoms with van der Waals surface area (Å²) in [4.78, 5) is 11.5. The third-order valence-electron chi connectivity index (χ3n) is 2.03. The van der Waals surface area contributed by atoms with Crippen molar-refractivity contribution in [2.45, 2.75) is 20.0 Å². The molecule has 0 radical (unpaired) electrons. The summed E-state index contributed by atoms with van der Waals surface area (Å²) in [6.45, 7) is 3.49. The molecule has 1 rings (SSSR count). The van der Waals surface area contributed by atoms with Gasteiger partial charge in [0.1, 0.15) is 11.6 Å². The van der Waals surface area contributed by atoms with Gasteiger partial charge in [0.05, 0.1) is 6.10 Å². The number of ether oxygens (including phenoxy) is 1. The first-order valence-corrected chi connectivity index (χ1v) is 5.68. The molecule has 0 N–H and O–H groups in total. The molecule has 3 heteroatoms. The van der Waals surface area contributed by atoms with Gasteiger partial charge in [-0.2, -0.15) is 5.26 Å². The van der Waals surface area contributed by atoms with Crippen LogP contribution in [0.1, 0.15) is 19.4 Å². The van der Waals surface area contributed by atoms with Crippen LogP contribution in [0.5, 0.6) is 0 Å². The van der Waals surface area contributed by atoms with Crippen molar-refractivity contribution in [1.82, 2.24) is 0 Å². The van der Waals surface area contributed by atoms with Gasteiger partial charge in [0.25, 0.3) is 0 Å². The average Bonchev–Trinajstić information content (AvgIpc) is 2.35. The standard InChI is InChI=1S/C15H15NO2/c1-12(2)18-15(17)14(11-16)10-6-9-13-7-4-3-5-8-13/h3-10,12H,1-2H3. The van der Waals surface area contributed by atoms with Crippen LogP contribution in [0.4, 0.5) is 0 Å². The van der Waals surface area contributed by atoms with Gasteiger partial charge in [0.15, 0.2) is 0 Å². The van der Waals surface area contributed by atoms with Gasteiger partial charge < -0.3 is 4.74 Å². The van der Waals surface area contributed by atoms with Crippen molar-refractivity contribution >= 4 is 12.0 Å². The van der Waals surface area contributed by atoms with Gasteiger partial charge in [-0.05, 0) is 25.5 Å². The van der Waals surface area contributed by atoms with Crippen molar-refractivity contribution in [3.8, 4) is 6.07 Å². The maximum Gasteiger partial charge on any atom is 0.349 e. The van der Waals surface area contributed by atoms with E-state index in [0.717, 1.165) is 5.56 Å². The highest BCUT2D eigenvalue weighted by Crippen LogP contribution is 2.04. The summed E-state index contributed by atoms with van der Waals surface area (Å²) in [5.74, 6) is -0.592. The molecular weight excluding hydrogens is 226 g/mol. The number of allylic oxidation sites excluding steroid dienone is 2. The molecule has 0 aliphatic carbocycles. The SMILES string of the molecule is CC(C)OC(=O)C(C#N)=CC=Cc1ccccc1. The molecule has 0 amide bonds. The van der Waals surface area contributed by atoms with Gasteiger partial charge in [-0.25, -0.2) is 4.79 Å². The van der Waals surface area contributed by atoms with Gasteiger partial charge in [0, 0.05) is 0 Å². The zero-order chi connectivity index (χ0) is 13.4. The van der Waals surface area contributed by atoms with Crippen LogP contribution in [0.3, 0.4) is 0 Å². The fraction of sp³-hybridized carbons (Fsp3) is 0.200. The smallest absolute Gasteiger partial charge is 0.349 e. The zero-order valence-corrected chi connectivity index (χ0v) is 10.5. The number of benzene rings is 1. The van der Waals surface area contributed by atoms with E-state index < -0.39 is 5.97 Å². The lowest BCUT2D eigenvalue weighted by molar-refractivity contribution is -0.142. The molecule has 1 aromatic rings. The van der Waals surface area contributed by atoms with Crippen LogP contribution in [0.25, 0.3) is 6.08 Å². The highest BCUT2D eigenvalue weighted by molar-refractivity contribution is 5.93. The molecule has 0 aliphatic rings. The molecule has 0 saturated carbocycles. The molecule has 92 valence electrons. The summed E-state index contributed by atoms with van der Waals surface area (Å²) in [6.07, 6.45) is 4.71. The minimum atomic E-state index is -0.592. The molecule has 0 heterocycles. The van der Waals surface area contributed by atoms with Crippen LogP contribution < -0.4 is 0 Å². The van der Waals surface area contributed by atoms with Gasteiger partial charge in [-0.1, -0.05) is 42.5 Å². The monoisotopic (exact) mass is 241 g/mol. The summed E-state index contributed by atoms with van der Waals surface area (Å²) in [5, 5.41) is 8.85. The van der Waals surface area contributed by atoms with Crippen LogP contribution in [-0.2, 0) is 9.53 Å². The molecule has 0 atom stereocenters. The lowest BCUT2D eigenvalue weighted by Crippen LogP contribution is -2.12. The van der Waals surface area contributed by atoms with Gasteiger partial charge in [-0.3, -0.25) is 0 Å². The second-order valence-electron chi connectivity index (χ2n) is 3.92. The molecule has 0 saturated heterocycles. The molecule has 3 nitrogen and oxygen atoms in total. The van der Waals surface area contributed by atoms with E-state index in [1.165, 1.54) is 6.08 Å². The summed E-state index contributed by atoms with van der Waals surface area (Å²) < 4.78 is 4.94. The molecule has 0 unspecified atom stereocenters. The van der Waals surface area contributed by atoms with E-state index in [4.69, 9.17) is 10.00 Å². The molecule has 18 heavy (non-hydrogen) atoms. The van der Waals surface area contributed by atoms with E-state index in [2.05, 4.69) is 0 Å². The maximum atomic E-state index is 11.5. The first-order chi connectivity index (χ1) is 8.63. The van der Waals surface area contributed by atoms with Crippen molar-refractivity contribution in [1.29, 1.82) is 5.26 Å². The van der Waals surface area contributed by atoms with Crippen molar-refractivity contribution in [2.75, 3.05) is 0 Å². The van der Waals surface area contributed by atoms with E-state index in [-0.39, 0.29) is 11.7 Å². The van der Waals surface area contributed by atoms with Crippen LogP contribution in [0.2, 0.25) is 0 Å². The highest BCUT2D eigenvalue weighted by Gasteiger charge is 2.10. The van der Waals surface area contributed by atoms with E-state index in [1.807, 2.05) is 42.5 Å². The fourth-order valence-corrected chi connectivity index (χ4v) is 1.25. The summed E-state index contributed by atoms with van der Waals surface area (Å²) in [6, 6.07) is 11.5. The average molecular weight is 241 g/mol. The normalized spacial score (nSPS) is 11.6.